The molecule has 0 bridgehead atoms. The van der Waals surface area contributed by atoms with Crippen LogP contribution in [-0.4, -0.2) is 40.6 Å². The fraction of sp³-hybridized carbons (Fsp3) is 0.167. The summed E-state index contributed by atoms with van der Waals surface area (Å²) in [5.74, 6) is 1.07. The van der Waals surface area contributed by atoms with Crippen molar-refractivity contribution in [2.75, 3.05) is 13.1 Å². The fourth-order valence-electron chi connectivity index (χ4n) is 3.24. The van der Waals surface area contributed by atoms with Crippen LogP contribution in [-0.2, 0) is 4.79 Å². The molecule has 9 heteroatoms. The second-order valence-electron chi connectivity index (χ2n) is 7.32. The number of pyridine rings is 1. The Balaban J connectivity index is 1.48. The zero-order valence-corrected chi connectivity index (χ0v) is 18.7. The molecule has 0 saturated carbocycles. The summed E-state index contributed by atoms with van der Waals surface area (Å²) in [5, 5.41) is 2.60. The molecule has 1 aliphatic heterocycles. The van der Waals surface area contributed by atoms with Crippen LogP contribution in [0.4, 0.5) is 0 Å². The highest BCUT2D eigenvalue weighted by atomic mass is 32.1. The molecule has 33 heavy (non-hydrogen) atoms. The van der Waals surface area contributed by atoms with Gasteiger partial charge in [0.1, 0.15) is 23.4 Å². The third-order valence-corrected chi connectivity index (χ3v) is 6.28. The minimum Gasteiger partial charge on any atom is -0.456 e. The Bertz CT molecular complexity index is 1240. The van der Waals surface area contributed by atoms with Crippen LogP contribution in [0.5, 0.6) is 11.5 Å². The lowest BCUT2D eigenvalue weighted by Gasteiger charge is -2.30. The number of carbonyl (C=O) groups excluding carboxylic acids is 2. The summed E-state index contributed by atoms with van der Waals surface area (Å²) in [5.41, 5.74) is 7.41. The van der Waals surface area contributed by atoms with E-state index in [-0.39, 0.29) is 11.7 Å². The molecular formula is C24H23N5O3S. The van der Waals surface area contributed by atoms with Crippen molar-refractivity contribution < 1.29 is 14.3 Å². The zero-order chi connectivity index (χ0) is 23.4. The summed E-state index contributed by atoms with van der Waals surface area (Å²) in [6, 6.07) is 9.60. The molecule has 8 nitrogen and oxygen atoms in total. The van der Waals surface area contributed by atoms with E-state index in [0.29, 0.717) is 21.9 Å². The van der Waals surface area contributed by atoms with Crippen molar-refractivity contribution in [2.45, 2.75) is 12.5 Å². The molecular weight excluding hydrogens is 438 g/mol. The van der Waals surface area contributed by atoms with Crippen LogP contribution in [0.3, 0.4) is 0 Å². The summed E-state index contributed by atoms with van der Waals surface area (Å²) in [6.45, 7) is 8.68. The van der Waals surface area contributed by atoms with Crippen molar-refractivity contribution >= 4 is 39.2 Å². The number of thiophene rings is 1. The van der Waals surface area contributed by atoms with Crippen molar-refractivity contribution in [1.82, 2.24) is 15.2 Å². The second kappa shape index (κ2) is 9.76. The predicted octanol–water partition coefficient (Wildman–Crippen LogP) is 3.78. The molecule has 0 spiro atoms. The number of hydrogen-bond donors (Lipinski definition) is 2. The standard InChI is InChI=1S/C24H23N5O3S/c1-3-20(26-4-2)28-23(30)21(25)15-6-8-16(9-7-15)32-18-10-11-27-17-14-19(33-22(17)18)24(31)29-12-5-13-29/h3-4,6-11,14,21H,1-2,5,12-13,25H2,(H,26,28,30). The van der Waals surface area contributed by atoms with Gasteiger partial charge in [-0.3, -0.25) is 14.6 Å². The van der Waals surface area contributed by atoms with Crippen molar-refractivity contribution in [3.63, 3.8) is 0 Å². The maximum absolute atomic E-state index is 12.6. The number of nitrogens with one attached hydrogen (secondary N) is 1. The summed E-state index contributed by atoms with van der Waals surface area (Å²) < 4.78 is 6.86. The first kappa shape index (κ1) is 22.4. The van der Waals surface area contributed by atoms with Gasteiger partial charge >= 0.3 is 0 Å². The Morgan fingerprint density at radius 1 is 1.24 bits per heavy atom. The minimum absolute atomic E-state index is 0.0320. The maximum Gasteiger partial charge on any atom is 0.264 e. The first-order valence-corrected chi connectivity index (χ1v) is 11.1. The number of carbonyl (C=O) groups is 2. The number of benzene rings is 1. The number of amides is 2. The van der Waals surface area contributed by atoms with Gasteiger partial charge in [0.2, 0.25) is 5.91 Å². The van der Waals surface area contributed by atoms with E-state index in [1.54, 1.807) is 42.6 Å². The molecule has 168 valence electrons. The number of aromatic nitrogens is 1. The number of rotatable bonds is 7. The Kier molecular flexibility index (Phi) is 6.62. The number of hydrogen-bond acceptors (Lipinski definition) is 7. The highest BCUT2D eigenvalue weighted by molar-refractivity contribution is 7.21. The molecule has 3 aromatic rings. The van der Waals surface area contributed by atoms with E-state index in [1.165, 1.54) is 23.6 Å². The van der Waals surface area contributed by atoms with Gasteiger partial charge in [-0.25, -0.2) is 4.99 Å². The number of fused-ring (bicyclic) bond motifs is 1. The number of aliphatic imine (C=N–C) groups is 1. The molecule has 3 N–H and O–H groups in total. The monoisotopic (exact) mass is 461 g/mol. The minimum atomic E-state index is -0.894. The van der Waals surface area contributed by atoms with E-state index in [9.17, 15) is 9.59 Å². The largest absolute Gasteiger partial charge is 0.456 e. The summed E-state index contributed by atoms with van der Waals surface area (Å²) in [7, 11) is 0. The average molecular weight is 462 g/mol. The van der Waals surface area contributed by atoms with Gasteiger partial charge in [-0.2, -0.15) is 0 Å². The molecule has 4 rings (SSSR count). The van der Waals surface area contributed by atoms with Crippen molar-refractivity contribution in [3.8, 4) is 11.5 Å². The highest BCUT2D eigenvalue weighted by Crippen LogP contribution is 2.36. The van der Waals surface area contributed by atoms with Crippen LogP contribution in [0, 0.1) is 0 Å². The van der Waals surface area contributed by atoms with Gasteiger partial charge < -0.3 is 20.7 Å². The fourth-order valence-corrected chi connectivity index (χ4v) is 4.27. The van der Waals surface area contributed by atoms with Crippen LogP contribution < -0.4 is 15.8 Å². The van der Waals surface area contributed by atoms with Gasteiger partial charge in [0.15, 0.2) is 0 Å². The molecule has 2 aromatic heterocycles. The van der Waals surface area contributed by atoms with Crippen LogP contribution in [0.25, 0.3) is 10.2 Å². The highest BCUT2D eigenvalue weighted by Gasteiger charge is 2.24. The van der Waals surface area contributed by atoms with Gasteiger partial charge in [-0.15, -0.1) is 11.3 Å². The Labute approximate surface area is 195 Å². The van der Waals surface area contributed by atoms with E-state index >= 15 is 0 Å². The van der Waals surface area contributed by atoms with E-state index in [4.69, 9.17) is 10.5 Å². The van der Waals surface area contributed by atoms with Gasteiger partial charge in [-0.05, 0) is 36.3 Å². The van der Waals surface area contributed by atoms with Crippen LogP contribution >= 0.6 is 11.3 Å². The van der Waals surface area contributed by atoms with E-state index in [2.05, 4.69) is 28.5 Å². The zero-order valence-electron chi connectivity index (χ0n) is 17.9. The molecule has 1 aliphatic rings. The normalized spacial score (nSPS) is 14.3. The lowest BCUT2D eigenvalue weighted by molar-refractivity contribution is -0.121. The van der Waals surface area contributed by atoms with Gasteiger partial charge in [0.05, 0.1) is 15.1 Å². The predicted molar refractivity (Wildman–Crippen MR) is 130 cm³/mol. The first-order valence-electron chi connectivity index (χ1n) is 10.3. The molecule has 2 amide bonds. The van der Waals surface area contributed by atoms with E-state index in [1.807, 2.05) is 4.90 Å². The van der Waals surface area contributed by atoms with Crippen LogP contribution in [0.15, 0.2) is 73.0 Å². The number of amidine groups is 1. The molecule has 0 radical (unpaired) electrons. The third kappa shape index (κ3) is 4.84. The van der Waals surface area contributed by atoms with Crippen LogP contribution in [0.1, 0.15) is 27.7 Å². The van der Waals surface area contributed by atoms with Gasteiger partial charge in [0, 0.05) is 31.6 Å². The number of likely N-dealkylation sites (tertiary alicyclic amines) is 1. The number of nitrogens with two attached hydrogens (primary N) is 1. The summed E-state index contributed by atoms with van der Waals surface area (Å²) in [4.78, 5) is 35.7. The summed E-state index contributed by atoms with van der Waals surface area (Å²) >= 11 is 1.37. The quantitative estimate of drug-likeness (QED) is 0.411. The summed E-state index contributed by atoms with van der Waals surface area (Å²) in [6.07, 6.45) is 5.41. The van der Waals surface area contributed by atoms with Crippen molar-refractivity contribution in [3.05, 3.63) is 78.5 Å². The van der Waals surface area contributed by atoms with Crippen molar-refractivity contribution in [2.24, 2.45) is 10.7 Å². The molecule has 1 aromatic carbocycles. The SMILES string of the molecule is C=CN=C(C=C)NC(=O)C(N)c1ccc(Oc2ccnc3cc(C(=O)N4CCC4)sc23)cc1. The molecule has 1 fully saturated rings. The van der Waals surface area contributed by atoms with Gasteiger partial charge in [-0.1, -0.05) is 25.3 Å². The molecule has 3 heterocycles. The van der Waals surface area contributed by atoms with Crippen molar-refractivity contribution in [1.29, 1.82) is 0 Å². The average Bonchev–Trinajstić information content (AvgIpc) is 3.23. The Morgan fingerprint density at radius 3 is 2.64 bits per heavy atom. The lowest BCUT2D eigenvalue weighted by Crippen LogP contribution is -2.41. The molecule has 1 atom stereocenters. The Hall–Kier alpha value is -3.82. The smallest absolute Gasteiger partial charge is 0.264 e. The molecule has 1 unspecified atom stereocenters. The molecule has 0 aliphatic carbocycles. The van der Waals surface area contributed by atoms with E-state index in [0.717, 1.165) is 29.7 Å². The van der Waals surface area contributed by atoms with Gasteiger partial charge in [0.25, 0.3) is 5.91 Å². The first-order chi connectivity index (χ1) is 16.0. The number of nitrogens with zero attached hydrogens (tertiary/aromatic N) is 3. The van der Waals surface area contributed by atoms with Crippen LogP contribution in [0.2, 0.25) is 0 Å². The Morgan fingerprint density at radius 2 is 2.00 bits per heavy atom. The van der Waals surface area contributed by atoms with E-state index < -0.39 is 11.9 Å². The second-order valence-corrected chi connectivity index (χ2v) is 8.37. The lowest BCUT2D eigenvalue weighted by atomic mass is 10.1. The molecule has 1 saturated heterocycles. The topological polar surface area (TPSA) is 110 Å². The maximum atomic E-state index is 12.6. The number of ether oxygens (including phenoxy) is 1. The third-order valence-electron chi connectivity index (χ3n) is 5.15.